The Balaban J connectivity index is 2.16. The van der Waals surface area contributed by atoms with Crippen LogP contribution in [-0.2, 0) is 0 Å². The van der Waals surface area contributed by atoms with Gasteiger partial charge >= 0.3 is 0 Å². The Morgan fingerprint density at radius 3 is 2.94 bits per heavy atom. The van der Waals surface area contributed by atoms with Crippen LogP contribution in [0.25, 0.3) is 0 Å². The van der Waals surface area contributed by atoms with Gasteiger partial charge in [0.1, 0.15) is 5.69 Å². The molecule has 1 heterocycles. The van der Waals surface area contributed by atoms with Crippen LogP contribution in [0.15, 0.2) is 18.3 Å². The van der Waals surface area contributed by atoms with Gasteiger partial charge < -0.3 is 9.47 Å². The van der Waals surface area contributed by atoms with Gasteiger partial charge in [-0.3, -0.25) is 4.79 Å². The van der Waals surface area contributed by atoms with Gasteiger partial charge in [-0.1, -0.05) is 12.8 Å². The zero-order valence-electron chi connectivity index (χ0n) is 10.9. The molecule has 0 spiro atoms. The van der Waals surface area contributed by atoms with Gasteiger partial charge in [-0.05, 0) is 37.8 Å². The standard InChI is InChI=1S/C15H20N2O/c1-3-10-16(11-4-2)15(18)14-9-6-12-17(14)13-7-5-8-13/h1,6,9,12-13H,4-5,7-8,10-11H2,2H3. The first-order valence-corrected chi connectivity index (χ1v) is 6.67. The number of hydrogen-bond donors (Lipinski definition) is 0. The number of amides is 1. The van der Waals surface area contributed by atoms with Crippen molar-refractivity contribution in [1.82, 2.24) is 9.47 Å². The highest BCUT2D eigenvalue weighted by molar-refractivity contribution is 5.93. The zero-order chi connectivity index (χ0) is 13.0. The Hall–Kier alpha value is -1.69. The van der Waals surface area contributed by atoms with E-state index in [-0.39, 0.29) is 5.91 Å². The van der Waals surface area contributed by atoms with Crippen LogP contribution in [0.2, 0.25) is 0 Å². The largest absolute Gasteiger partial charge is 0.340 e. The van der Waals surface area contributed by atoms with Crippen LogP contribution in [0.5, 0.6) is 0 Å². The van der Waals surface area contributed by atoms with E-state index in [0.717, 1.165) is 18.7 Å². The van der Waals surface area contributed by atoms with Crippen molar-refractivity contribution < 1.29 is 4.79 Å². The molecule has 0 radical (unpaired) electrons. The Morgan fingerprint density at radius 2 is 2.39 bits per heavy atom. The number of aromatic nitrogens is 1. The highest BCUT2D eigenvalue weighted by atomic mass is 16.2. The highest BCUT2D eigenvalue weighted by Gasteiger charge is 2.25. The van der Waals surface area contributed by atoms with Crippen LogP contribution in [0.4, 0.5) is 0 Å². The first kappa shape index (κ1) is 12.8. The predicted octanol–water partition coefficient (Wildman–Crippen LogP) is 2.70. The fraction of sp³-hybridized carbons (Fsp3) is 0.533. The smallest absolute Gasteiger partial charge is 0.271 e. The summed E-state index contributed by atoms with van der Waals surface area (Å²) in [6.07, 6.45) is 11.9. The molecule has 0 atom stereocenters. The maximum absolute atomic E-state index is 12.5. The number of rotatable bonds is 5. The Morgan fingerprint density at radius 1 is 1.61 bits per heavy atom. The summed E-state index contributed by atoms with van der Waals surface area (Å²) in [5.74, 6) is 2.63. The average molecular weight is 244 g/mol. The summed E-state index contributed by atoms with van der Waals surface area (Å²) in [7, 11) is 0. The van der Waals surface area contributed by atoms with Crippen LogP contribution in [0, 0.1) is 12.3 Å². The van der Waals surface area contributed by atoms with Crippen LogP contribution in [0.1, 0.15) is 49.1 Å². The minimum atomic E-state index is 0.0618. The summed E-state index contributed by atoms with van der Waals surface area (Å²) in [6.45, 7) is 3.17. The number of nitrogens with zero attached hydrogens (tertiary/aromatic N) is 2. The molecule has 18 heavy (non-hydrogen) atoms. The molecule has 1 fully saturated rings. The van der Waals surface area contributed by atoms with Gasteiger partial charge in [0.2, 0.25) is 0 Å². The van der Waals surface area contributed by atoms with E-state index in [0.29, 0.717) is 12.6 Å². The molecular formula is C15H20N2O. The summed E-state index contributed by atoms with van der Waals surface area (Å²) in [5.41, 5.74) is 0.781. The van der Waals surface area contributed by atoms with Gasteiger partial charge in [0.05, 0.1) is 6.54 Å². The lowest BCUT2D eigenvalue weighted by atomic mass is 9.93. The lowest BCUT2D eigenvalue weighted by Gasteiger charge is -2.30. The fourth-order valence-corrected chi connectivity index (χ4v) is 2.35. The van der Waals surface area contributed by atoms with Gasteiger partial charge in [0.15, 0.2) is 0 Å². The summed E-state index contributed by atoms with van der Waals surface area (Å²) in [6, 6.07) is 4.36. The zero-order valence-corrected chi connectivity index (χ0v) is 10.9. The average Bonchev–Trinajstić information content (AvgIpc) is 2.74. The predicted molar refractivity (Wildman–Crippen MR) is 72.3 cm³/mol. The van der Waals surface area contributed by atoms with E-state index in [1.807, 2.05) is 18.3 Å². The first-order valence-electron chi connectivity index (χ1n) is 6.67. The number of hydrogen-bond acceptors (Lipinski definition) is 1. The molecule has 0 aliphatic heterocycles. The molecule has 2 rings (SSSR count). The molecule has 0 bridgehead atoms. The van der Waals surface area contributed by atoms with E-state index in [4.69, 9.17) is 6.42 Å². The molecule has 1 aromatic rings. The monoisotopic (exact) mass is 244 g/mol. The lowest BCUT2D eigenvalue weighted by molar-refractivity contribution is 0.0760. The van der Waals surface area contributed by atoms with Crippen molar-refractivity contribution in [1.29, 1.82) is 0 Å². The van der Waals surface area contributed by atoms with Crippen molar-refractivity contribution in [3.8, 4) is 12.3 Å². The molecular weight excluding hydrogens is 224 g/mol. The molecule has 1 amide bonds. The molecule has 0 unspecified atom stereocenters. The van der Waals surface area contributed by atoms with Gasteiger partial charge in [-0.2, -0.15) is 0 Å². The molecule has 0 aromatic carbocycles. The summed E-state index contributed by atoms with van der Waals surface area (Å²) < 4.78 is 2.12. The van der Waals surface area contributed by atoms with Gasteiger partial charge in [0.25, 0.3) is 5.91 Å². The molecule has 1 aromatic heterocycles. The normalized spacial score (nSPS) is 14.9. The third-order valence-corrected chi connectivity index (χ3v) is 3.53. The van der Waals surface area contributed by atoms with Crippen molar-refractivity contribution in [2.24, 2.45) is 0 Å². The molecule has 0 N–H and O–H groups in total. The van der Waals surface area contributed by atoms with E-state index in [2.05, 4.69) is 17.4 Å². The van der Waals surface area contributed by atoms with Crippen LogP contribution in [-0.4, -0.2) is 28.5 Å². The first-order chi connectivity index (χ1) is 8.77. The molecule has 1 saturated carbocycles. The maximum Gasteiger partial charge on any atom is 0.271 e. The van der Waals surface area contributed by atoms with E-state index >= 15 is 0 Å². The van der Waals surface area contributed by atoms with E-state index in [1.54, 1.807) is 4.90 Å². The van der Waals surface area contributed by atoms with Crippen LogP contribution < -0.4 is 0 Å². The van der Waals surface area contributed by atoms with Gasteiger partial charge in [0, 0.05) is 18.8 Å². The Bertz CT molecular complexity index is 451. The molecule has 0 saturated heterocycles. The number of carbonyl (C=O) groups excluding carboxylic acids is 1. The van der Waals surface area contributed by atoms with E-state index in [1.165, 1.54) is 19.3 Å². The Kier molecular flexibility index (Phi) is 4.09. The van der Waals surface area contributed by atoms with Gasteiger partial charge in [-0.25, -0.2) is 0 Å². The number of carbonyl (C=O) groups is 1. The second-order valence-corrected chi connectivity index (χ2v) is 4.82. The summed E-state index contributed by atoms with van der Waals surface area (Å²) >= 11 is 0. The SMILES string of the molecule is C#CCN(CCC)C(=O)c1cccn1C1CCC1. The quantitative estimate of drug-likeness (QED) is 0.731. The van der Waals surface area contributed by atoms with Crippen LogP contribution >= 0.6 is 0 Å². The maximum atomic E-state index is 12.5. The second kappa shape index (κ2) is 5.77. The van der Waals surface area contributed by atoms with E-state index < -0.39 is 0 Å². The molecule has 96 valence electrons. The Labute approximate surface area is 109 Å². The summed E-state index contributed by atoms with van der Waals surface area (Å²) in [5, 5.41) is 0. The molecule has 3 heteroatoms. The topological polar surface area (TPSA) is 25.2 Å². The fourth-order valence-electron chi connectivity index (χ4n) is 2.35. The van der Waals surface area contributed by atoms with E-state index in [9.17, 15) is 4.79 Å². The van der Waals surface area contributed by atoms with Crippen molar-refractivity contribution >= 4 is 5.91 Å². The van der Waals surface area contributed by atoms with Crippen molar-refractivity contribution in [3.63, 3.8) is 0 Å². The van der Waals surface area contributed by atoms with Crippen molar-refractivity contribution in [2.45, 2.75) is 38.6 Å². The number of terminal acetylenes is 1. The van der Waals surface area contributed by atoms with Crippen molar-refractivity contribution in [2.75, 3.05) is 13.1 Å². The second-order valence-electron chi connectivity index (χ2n) is 4.82. The summed E-state index contributed by atoms with van der Waals surface area (Å²) in [4.78, 5) is 14.2. The van der Waals surface area contributed by atoms with Gasteiger partial charge in [-0.15, -0.1) is 6.42 Å². The molecule has 3 nitrogen and oxygen atoms in total. The minimum Gasteiger partial charge on any atom is -0.340 e. The third-order valence-electron chi connectivity index (χ3n) is 3.53. The van der Waals surface area contributed by atoms with Crippen LogP contribution in [0.3, 0.4) is 0 Å². The molecule has 1 aliphatic rings. The molecule has 1 aliphatic carbocycles. The minimum absolute atomic E-state index is 0.0618. The highest BCUT2D eigenvalue weighted by Crippen LogP contribution is 2.32. The van der Waals surface area contributed by atoms with Crippen molar-refractivity contribution in [3.05, 3.63) is 24.0 Å². The third kappa shape index (κ3) is 2.43. The lowest BCUT2D eigenvalue weighted by Crippen LogP contribution is -2.34.